The summed E-state index contributed by atoms with van der Waals surface area (Å²) in [5.74, 6) is 0. The lowest BCUT2D eigenvalue weighted by atomic mass is 10.3. The monoisotopic (exact) mass is 254 g/mol. The van der Waals surface area contributed by atoms with Crippen LogP contribution in [0.5, 0.6) is 0 Å². The molecule has 0 N–H and O–H groups in total. The van der Waals surface area contributed by atoms with Crippen molar-refractivity contribution in [2.24, 2.45) is 0 Å². The lowest BCUT2D eigenvalue weighted by Crippen LogP contribution is -2.27. The number of nitrogens with zero attached hydrogens (tertiary/aromatic N) is 2. The SMILES string of the molecule is COP(=O)(OC)c1ccc2c(c1)ncc[n+]2[O-]. The van der Waals surface area contributed by atoms with Crippen LogP contribution in [0.4, 0.5) is 0 Å². The highest BCUT2D eigenvalue weighted by Gasteiger charge is 2.25. The number of aromatic nitrogens is 2. The first kappa shape index (κ1) is 12.0. The maximum absolute atomic E-state index is 12.1. The van der Waals surface area contributed by atoms with Gasteiger partial charge < -0.3 is 14.3 Å². The normalized spacial score (nSPS) is 11.9. The quantitative estimate of drug-likeness (QED) is 0.463. The summed E-state index contributed by atoms with van der Waals surface area (Å²) in [5.41, 5.74) is 0.837. The van der Waals surface area contributed by atoms with E-state index in [9.17, 15) is 9.77 Å². The van der Waals surface area contributed by atoms with Crippen LogP contribution in [-0.2, 0) is 13.6 Å². The van der Waals surface area contributed by atoms with Gasteiger partial charge in [0.15, 0.2) is 6.20 Å². The first-order valence-corrected chi connectivity index (χ1v) is 6.35. The van der Waals surface area contributed by atoms with Crippen molar-refractivity contribution in [3.8, 4) is 0 Å². The highest BCUT2D eigenvalue weighted by Crippen LogP contribution is 2.45. The molecule has 0 radical (unpaired) electrons. The van der Waals surface area contributed by atoms with Crippen LogP contribution in [0.1, 0.15) is 0 Å². The molecule has 0 saturated heterocycles. The van der Waals surface area contributed by atoms with Gasteiger partial charge in [-0.25, -0.2) is 4.98 Å². The molecule has 0 saturated carbocycles. The Bertz CT molecular complexity index is 594. The van der Waals surface area contributed by atoms with Gasteiger partial charge in [0.1, 0.15) is 5.52 Å². The topological polar surface area (TPSA) is 75.4 Å². The Balaban J connectivity index is 2.63. The summed E-state index contributed by atoms with van der Waals surface area (Å²) >= 11 is 0. The zero-order valence-electron chi connectivity index (χ0n) is 9.36. The third-order valence-corrected chi connectivity index (χ3v) is 4.28. The standard InChI is InChI=1S/C10H11N2O4P/c1-15-17(14,16-2)8-3-4-10-9(7-8)11-5-6-12(10)13/h3-7H,1-2H3. The summed E-state index contributed by atoms with van der Waals surface area (Å²) in [4.78, 5) is 4.03. The van der Waals surface area contributed by atoms with Crippen LogP contribution < -0.4 is 10.0 Å². The fraction of sp³-hybridized carbons (Fsp3) is 0.200. The minimum Gasteiger partial charge on any atom is -0.618 e. The molecule has 1 aromatic heterocycles. The molecule has 1 heterocycles. The minimum atomic E-state index is -3.30. The molecule has 6 nitrogen and oxygen atoms in total. The predicted octanol–water partition coefficient (Wildman–Crippen LogP) is 0.979. The fourth-order valence-corrected chi connectivity index (χ4v) is 2.62. The molecule has 0 bridgehead atoms. The summed E-state index contributed by atoms with van der Waals surface area (Å²) in [5, 5.41) is 11.8. The minimum absolute atomic E-state index is 0.369. The highest BCUT2D eigenvalue weighted by molar-refractivity contribution is 7.62. The van der Waals surface area contributed by atoms with Crippen molar-refractivity contribution in [2.45, 2.75) is 0 Å². The molecule has 0 unspecified atom stereocenters. The fourth-order valence-electron chi connectivity index (χ4n) is 1.51. The summed E-state index contributed by atoms with van der Waals surface area (Å²) in [6, 6.07) is 4.60. The summed E-state index contributed by atoms with van der Waals surface area (Å²) < 4.78 is 22.6. The van der Waals surface area contributed by atoms with E-state index < -0.39 is 7.60 Å². The first-order chi connectivity index (χ1) is 8.10. The Labute approximate surface area is 97.9 Å². The van der Waals surface area contributed by atoms with Gasteiger partial charge in [-0.05, 0) is 12.1 Å². The van der Waals surface area contributed by atoms with Gasteiger partial charge in [-0.1, -0.05) is 0 Å². The zero-order valence-corrected chi connectivity index (χ0v) is 10.3. The van der Waals surface area contributed by atoms with Crippen LogP contribution in [0.25, 0.3) is 11.0 Å². The van der Waals surface area contributed by atoms with Gasteiger partial charge in [0.05, 0.1) is 11.5 Å². The summed E-state index contributed by atoms with van der Waals surface area (Å²) in [6.07, 6.45) is 2.68. The van der Waals surface area contributed by atoms with Crippen molar-refractivity contribution in [1.82, 2.24) is 4.98 Å². The van der Waals surface area contributed by atoms with Gasteiger partial charge in [-0.15, -0.1) is 0 Å². The molecule has 0 spiro atoms. The van der Waals surface area contributed by atoms with E-state index in [1.165, 1.54) is 44.8 Å². The maximum Gasteiger partial charge on any atom is 0.360 e. The third-order valence-electron chi connectivity index (χ3n) is 2.41. The summed E-state index contributed by atoms with van der Waals surface area (Å²) in [7, 11) is -0.692. The molecule has 0 fully saturated rings. The van der Waals surface area contributed by atoms with Crippen LogP contribution in [0.15, 0.2) is 30.6 Å². The van der Waals surface area contributed by atoms with E-state index >= 15 is 0 Å². The highest BCUT2D eigenvalue weighted by atomic mass is 31.2. The Kier molecular flexibility index (Phi) is 3.11. The van der Waals surface area contributed by atoms with Crippen molar-refractivity contribution in [2.75, 3.05) is 14.2 Å². The maximum atomic E-state index is 12.1. The second-order valence-corrected chi connectivity index (χ2v) is 5.53. The molecule has 17 heavy (non-hydrogen) atoms. The van der Waals surface area contributed by atoms with Gasteiger partial charge in [0.25, 0.3) is 0 Å². The number of fused-ring (bicyclic) bond motifs is 1. The van der Waals surface area contributed by atoms with Gasteiger partial charge in [0, 0.05) is 20.3 Å². The molecule has 0 aliphatic rings. The predicted molar refractivity (Wildman–Crippen MR) is 62.0 cm³/mol. The van der Waals surface area contributed by atoms with Crippen LogP contribution in [-0.4, -0.2) is 19.2 Å². The largest absolute Gasteiger partial charge is 0.618 e. The molecule has 0 amide bonds. The van der Waals surface area contributed by atoms with Crippen LogP contribution in [0.3, 0.4) is 0 Å². The van der Waals surface area contributed by atoms with Crippen LogP contribution in [0.2, 0.25) is 0 Å². The molecule has 2 rings (SSSR count). The third kappa shape index (κ3) is 2.02. The molecule has 1 aromatic carbocycles. The molecule has 0 atom stereocenters. The van der Waals surface area contributed by atoms with Gasteiger partial charge >= 0.3 is 7.60 Å². The van der Waals surface area contributed by atoms with E-state index in [0.29, 0.717) is 21.1 Å². The Morgan fingerprint density at radius 1 is 1.35 bits per heavy atom. The van der Waals surface area contributed by atoms with E-state index in [1.807, 2.05) is 0 Å². The van der Waals surface area contributed by atoms with Crippen molar-refractivity contribution < 1.29 is 18.3 Å². The second-order valence-electron chi connectivity index (χ2n) is 3.29. The lowest BCUT2D eigenvalue weighted by Gasteiger charge is -2.13. The number of hydrogen-bond donors (Lipinski definition) is 0. The Hall–Kier alpha value is -1.49. The zero-order chi connectivity index (χ0) is 12.5. The van der Waals surface area contributed by atoms with Crippen molar-refractivity contribution in [3.63, 3.8) is 0 Å². The van der Waals surface area contributed by atoms with Gasteiger partial charge in [-0.2, -0.15) is 4.73 Å². The average Bonchev–Trinajstić information content (AvgIpc) is 2.37. The van der Waals surface area contributed by atoms with Crippen molar-refractivity contribution in [1.29, 1.82) is 0 Å². The molecule has 2 aromatic rings. The van der Waals surface area contributed by atoms with E-state index in [-0.39, 0.29) is 0 Å². The number of rotatable bonds is 3. The smallest absolute Gasteiger partial charge is 0.360 e. The van der Waals surface area contributed by atoms with E-state index in [0.717, 1.165) is 0 Å². The van der Waals surface area contributed by atoms with Gasteiger partial charge in [-0.3, -0.25) is 4.57 Å². The summed E-state index contributed by atoms with van der Waals surface area (Å²) in [6.45, 7) is 0. The number of benzene rings is 1. The molecular formula is C10H11N2O4P. The molecule has 0 aliphatic heterocycles. The molecule has 0 aliphatic carbocycles. The van der Waals surface area contributed by atoms with Crippen LogP contribution >= 0.6 is 7.60 Å². The van der Waals surface area contributed by atoms with Gasteiger partial charge in [0.2, 0.25) is 5.52 Å². The Morgan fingerprint density at radius 3 is 2.71 bits per heavy atom. The number of hydrogen-bond acceptors (Lipinski definition) is 5. The molecule has 90 valence electrons. The van der Waals surface area contributed by atoms with Crippen molar-refractivity contribution in [3.05, 3.63) is 35.8 Å². The lowest BCUT2D eigenvalue weighted by molar-refractivity contribution is -0.577. The Morgan fingerprint density at radius 2 is 2.06 bits per heavy atom. The molecular weight excluding hydrogens is 243 g/mol. The van der Waals surface area contributed by atoms with E-state index in [2.05, 4.69) is 4.98 Å². The van der Waals surface area contributed by atoms with E-state index in [1.54, 1.807) is 0 Å². The first-order valence-electron chi connectivity index (χ1n) is 4.81. The van der Waals surface area contributed by atoms with E-state index in [4.69, 9.17) is 9.05 Å². The molecule has 7 heteroatoms. The van der Waals surface area contributed by atoms with Crippen LogP contribution in [0, 0.1) is 5.21 Å². The van der Waals surface area contributed by atoms with Crippen molar-refractivity contribution >= 4 is 23.9 Å². The average molecular weight is 254 g/mol. The second kappa shape index (κ2) is 4.41.